The Labute approximate surface area is 137 Å². The van der Waals surface area contributed by atoms with Crippen LogP contribution in [0.15, 0.2) is 40.9 Å². The molecule has 0 bridgehead atoms. The highest BCUT2D eigenvalue weighted by Gasteiger charge is 2.12. The number of benzene rings is 1. The van der Waals surface area contributed by atoms with Gasteiger partial charge in [-0.1, -0.05) is 12.1 Å². The van der Waals surface area contributed by atoms with Crippen molar-refractivity contribution in [1.29, 1.82) is 0 Å². The predicted octanol–water partition coefficient (Wildman–Crippen LogP) is 2.02. The van der Waals surface area contributed by atoms with E-state index in [1.54, 1.807) is 13.3 Å². The third-order valence-corrected chi connectivity index (χ3v) is 3.39. The molecule has 2 aromatic heterocycles. The summed E-state index contributed by atoms with van der Waals surface area (Å²) in [6.45, 7) is 0.429. The lowest BCUT2D eigenvalue weighted by Crippen LogP contribution is -2.03. The number of methoxy groups -OCH3 is 1. The molecule has 0 saturated carbocycles. The van der Waals surface area contributed by atoms with Gasteiger partial charge in [0.1, 0.15) is 5.75 Å². The average Bonchev–Trinajstić information content (AvgIpc) is 3.23. The molecular formula is C15H15N5O4. The zero-order chi connectivity index (χ0) is 16.9. The van der Waals surface area contributed by atoms with Crippen LogP contribution in [0.25, 0.3) is 0 Å². The van der Waals surface area contributed by atoms with Crippen molar-refractivity contribution < 1.29 is 14.1 Å². The van der Waals surface area contributed by atoms with E-state index < -0.39 is 4.92 Å². The van der Waals surface area contributed by atoms with Crippen LogP contribution in [0.4, 0.5) is 5.82 Å². The zero-order valence-electron chi connectivity index (χ0n) is 13.0. The van der Waals surface area contributed by atoms with Gasteiger partial charge in [-0.25, -0.2) is 0 Å². The Hall–Kier alpha value is -3.23. The minimum atomic E-state index is -0.532. The Morgan fingerprint density at radius 1 is 1.21 bits per heavy atom. The van der Waals surface area contributed by atoms with Crippen LogP contribution < -0.4 is 4.74 Å². The van der Waals surface area contributed by atoms with Crippen LogP contribution in [-0.2, 0) is 19.4 Å². The molecule has 0 atom stereocenters. The Kier molecular flexibility index (Phi) is 4.50. The summed E-state index contributed by atoms with van der Waals surface area (Å²) in [6, 6.07) is 8.97. The minimum absolute atomic E-state index is 0.180. The van der Waals surface area contributed by atoms with Gasteiger partial charge in [0.15, 0.2) is 0 Å². The fourth-order valence-electron chi connectivity index (χ4n) is 2.16. The number of aryl methyl sites for hydroxylation is 2. The second-order valence-corrected chi connectivity index (χ2v) is 5.06. The van der Waals surface area contributed by atoms with Crippen molar-refractivity contribution in [2.75, 3.05) is 7.11 Å². The predicted molar refractivity (Wildman–Crippen MR) is 82.7 cm³/mol. The van der Waals surface area contributed by atoms with Gasteiger partial charge in [-0.05, 0) is 22.6 Å². The number of aromatic nitrogens is 4. The monoisotopic (exact) mass is 329 g/mol. The van der Waals surface area contributed by atoms with Crippen molar-refractivity contribution in [2.45, 2.75) is 19.4 Å². The highest BCUT2D eigenvalue weighted by atomic mass is 16.6. The highest BCUT2D eigenvalue weighted by molar-refractivity contribution is 5.28. The molecule has 0 aliphatic carbocycles. The molecule has 9 nitrogen and oxygen atoms in total. The summed E-state index contributed by atoms with van der Waals surface area (Å²) in [5, 5.41) is 22.4. The molecule has 24 heavy (non-hydrogen) atoms. The van der Waals surface area contributed by atoms with Crippen LogP contribution in [0.1, 0.15) is 17.3 Å². The first-order chi connectivity index (χ1) is 11.6. The molecule has 0 aliphatic heterocycles. The van der Waals surface area contributed by atoms with E-state index in [2.05, 4.69) is 15.3 Å². The van der Waals surface area contributed by atoms with Gasteiger partial charge in [0.2, 0.25) is 11.8 Å². The number of hydrogen-bond donors (Lipinski definition) is 0. The van der Waals surface area contributed by atoms with Crippen LogP contribution in [0.2, 0.25) is 0 Å². The molecule has 0 radical (unpaired) electrons. The lowest BCUT2D eigenvalue weighted by Gasteiger charge is -2.00. The maximum Gasteiger partial charge on any atom is 0.389 e. The Balaban J connectivity index is 1.57. The molecular weight excluding hydrogens is 314 g/mol. The molecule has 0 amide bonds. The molecule has 0 aliphatic rings. The molecule has 2 heterocycles. The van der Waals surface area contributed by atoms with E-state index in [9.17, 15) is 10.1 Å². The first-order valence-electron chi connectivity index (χ1n) is 7.26. The van der Waals surface area contributed by atoms with Gasteiger partial charge in [0, 0.05) is 6.42 Å². The number of rotatable bonds is 7. The molecule has 124 valence electrons. The third kappa shape index (κ3) is 3.75. The molecule has 0 unspecified atom stereocenters. The van der Waals surface area contributed by atoms with Gasteiger partial charge in [0.25, 0.3) is 0 Å². The van der Waals surface area contributed by atoms with Crippen molar-refractivity contribution in [1.82, 2.24) is 20.0 Å². The summed E-state index contributed by atoms with van der Waals surface area (Å²) >= 11 is 0. The van der Waals surface area contributed by atoms with Crippen LogP contribution in [0.5, 0.6) is 5.75 Å². The first-order valence-corrected chi connectivity index (χ1v) is 7.26. The van der Waals surface area contributed by atoms with Crippen LogP contribution in [0.3, 0.4) is 0 Å². The summed E-state index contributed by atoms with van der Waals surface area (Å²) in [6.07, 6.45) is 2.53. The summed E-state index contributed by atoms with van der Waals surface area (Å²) < 4.78 is 12.2. The summed E-state index contributed by atoms with van der Waals surface area (Å²) in [5.74, 6) is 1.59. The number of nitro groups is 1. The quantitative estimate of drug-likeness (QED) is 0.482. The largest absolute Gasteiger partial charge is 0.497 e. The smallest absolute Gasteiger partial charge is 0.389 e. The number of hydrogen-bond acceptors (Lipinski definition) is 7. The molecule has 9 heteroatoms. The number of ether oxygens (including phenoxy) is 1. The molecule has 0 saturated heterocycles. The normalized spacial score (nSPS) is 10.7. The summed E-state index contributed by atoms with van der Waals surface area (Å²) in [5.41, 5.74) is 1.04. The van der Waals surface area contributed by atoms with E-state index in [0.717, 1.165) is 11.3 Å². The molecule has 1 aromatic carbocycles. The van der Waals surface area contributed by atoms with E-state index in [0.29, 0.717) is 31.2 Å². The zero-order valence-corrected chi connectivity index (χ0v) is 13.0. The third-order valence-electron chi connectivity index (χ3n) is 3.39. The van der Waals surface area contributed by atoms with E-state index >= 15 is 0 Å². The fourth-order valence-corrected chi connectivity index (χ4v) is 2.16. The second kappa shape index (κ2) is 6.90. The lowest BCUT2D eigenvalue weighted by molar-refractivity contribution is -0.389. The topological polar surface area (TPSA) is 109 Å². The van der Waals surface area contributed by atoms with E-state index in [1.165, 1.54) is 10.7 Å². The maximum absolute atomic E-state index is 10.6. The van der Waals surface area contributed by atoms with E-state index in [1.807, 2.05) is 24.3 Å². The molecule has 0 fully saturated rings. The average molecular weight is 329 g/mol. The van der Waals surface area contributed by atoms with Crippen molar-refractivity contribution in [3.05, 3.63) is 64.0 Å². The lowest BCUT2D eigenvalue weighted by atomic mass is 10.1. The van der Waals surface area contributed by atoms with Crippen molar-refractivity contribution in [2.24, 2.45) is 0 Å². The summed E-state index contributed by atoms with van der Waals surface area (Å²) in [4.78, 5) is 10.1. The van der Waals surface area contributed by atoms with E-state index in [4.69, 9.17) is 9.15 Å². The van der Waals surface area contributed by atoms with Crippen molar-refractivity contribution in [3.8, 4) is 5.75 Å². The van der Waals surface area contributed by atoms with Gasteiger partial charge in [-0.3, -0.25) is 0 Å². The Bertz CT molecular complexity index is 825. The van der Waals surface area contributed by atoms with Gasteiger partial charge in [-0.2, -0.15) is 4.68 Å². The molecule has 3 aromatic rings. The van der Waals surface area contributed by atoms with Crippen molar-refractivity contribution >= 4 is 5.82 Å². The molecule has 0 spiro atoms. The minimum Gasteiger partial charge on any atom is -0.497 e. The van der Waals surface area contributed by atoms with Crippen LogP contribution in [-0.4, -0.2) is 32.0 Å². The van der Waals surface area contributed by atoms with Crippen LogP contribution >= 0.6 is 0 Å². The number of nitrogens with zero attached hydrogens (tertiary/aromatic N) is 5. The highest BCUT2D eigenvalue weighted by Crippen LogP contribution is 2.14. The van der Waals surface area contributed by atoms with Crippen LogP contribution in [0, 0.1) is 10.1 Å². The van der Waals surface area contributed by atoms with E-state index in [-0.39, 0.29) is 5.82 Å². The van der Waals surface area contributed by atoms with Gasteiger partial charge < -0.3 is 19.3 Å². The summed E-state index contributed by atoms with van der Waals surface area (Å²) in [7, 11) is 1.62. The van der Waals surface area contributed by atoms with Crippen molar-refractivity contribution in [3.63, 3.8) is 0 Å². The van der Waals surface area contributed by atoms with Gasteiger partial charge in [0.05, 0.1) is 37.4 Å². The van der Waals surface area contributed by atoms with Gasteiger partial charge >= 0.3 is 5.82 Å². The molecule has 3 rings (SSSR count). The molecule has 0 N–H and O–H groups in total. The standard InChI is InChI=1S/C15H15N5O4/c1-23-12-4-2-11(3-5-12)10-15-17-16-14(24-15)7-9-19-8-6-13(18-19)20(21)22/h2-6,8H,7,9-10H2,1H3. The fraction of sp³-hybridized carbons (Fsp3) is 0.267. The Morgan fingerprint density at radius 2 is 1.96 bits per heavy atom. The maximum atomic E-state index is 10.6. The van der Waals surface area contributed by atoms with Gasteiger partial charge in [-0.15, -0.1) is 10.2 Å². The first kappa shape index (κ1) is 15.7. The SMILES string of the molecule is COc1ccc(Cc2nnc(CCn3ccc([N+](=O)[O-])n3)o2)cc1. The Morgan fingerprint density at radius 3 is 2.62 bits per heavy atom. The second-order valence-electron chi connectivity index (χ2n) is 5.06.